The summed E-state index contributed by atoms with van der Waals surface area (Å²) in [6, 6.07) is 13.7. The van der Waals surface area contributed by atoms with Gasteiger partial charge in [-0.3, -0.25) is 9.48 Å². The van der Waals surface area contributed by atoms with Crippen LogP contribution in [0.4, 0.5) is 5.69 Å². The van der Waals surface area contributed by atoms with Gasteiger partial charge in [-0.2, -0.15) is 5.10 Å². The maximum absolute atomic E-state index is 12.3. The van der Waals surface area contributed by atoms with E-state index in [2.05, 4.69) is 10.4 Å². The minimum atomic E-state index is -0.302. The molecule has 4 nitrogen and oxygen atoms in total. The van der Waals surface area contributed by atoms with Gasteiger partial charge in [-0.05, 0) is 18.4 Å². The van der Waals surface area contributed by atoms with Gasteiger partial charge in [0.15, 0.2) is 5.69 Å². The number of nitrogens with zero attached hydrogens (tertiary/aromatic N) is 2. The highest BCUT2D eigenvalue weighted by Crippen LogP contribution is 2.24. The minimum Gasteiger partial charge on any atom is -0.320 e. The van der Waals surface area contributed by atoms with E-state index in [1.165, 1.54) is 0 Å². The number of aryl methyl sites for hydroxylation is 1. The molecule has 0 spiro atoms. The fourth-order valence-electron chi connectivity index (χ4n) is 2.23. The van der Waals surface area contributed by atoms with Crippen LogP contribution >= 0.6 is 11.6 Å². The summed E-state index contributed by atoms with van der Waals surface area (Å²) in [6.07, 6.45) is 1.65. The predicted molar refractivity (Wildman–Crippen MR) is 84.8 cm³/mol. The van der Waals surface area contributed by atoms with Crippen LogP contribution in [0, 0.1) is 0 Å². The van der Waals surface area contributed by atoms with Crippen LogP contribution in [0.5, 0.6) is 0 Å². The molecule has 0 aliphatic carbocycles. The summed E-state index contributed by atoms with van der Waals surface area (Å²) in [6.45, 7) is 2.61. The lowest BCUT2D eigenvalue weighted by atomic mass is 10.1. The average molecular weight is 300 g/mol. The molecule has 1 N–H and O–H groups in total. The number of rotatable bonds is 3. The summed E-state index contributed by atoms with van der Waals surface area (Å²) in [7, 11) is 0. The Labute approximate surface area is 127 Å². The highest BCUT2D eigenvalue weighted by atomic mass is 35.5. The molecule has 0 fully saturated rings. The fraction of sp³-hybridized carbons (Fsp3) is 0.125. The second-order valence-electron chi connectivity index (χ2n) is 4.66. The van der Waals surface area contributed by atoms with Crippen LogP contribution in [0.25, 0.3) is 10.8 Å². The van der Waals surface area contributed by atoms with Crippen LogP contribution in [0.3, 0.4) is 0 Å². The third kappa shape index (κ3) is 2.62. The molecule has 0 saturated carbocycles. The number of nitrogens with one attached hydrogen (secondary N) is 1. The zero-order valence-electron chi connectivity index (χ0n) is 11.5. The van der Waals surface area contributed by atoms with Gasteiger partial charge in [0.25, 0.3) is 5.91 Å². The summed E-state index contributed by atoms with van der Waals surface area (Å²) in [4.78, 5) is 12.3. The highest BCUT2D eigenvalue weighted by Gasteiger charge is 2.16. The van der Waals surface area contributed by atoms with Gasteiger partial charge in [0, 0.05) is 23.8 Å². The van der Waals surface area contributed by atoms with Crippen molar-refractivity contribution < 1.29 is 4.79 Å². The van der Waals surface area contributed by atoms with Crippen molar-refractivity contribution in [2.45, 2.75) is 13.5 Å². The van der Waals surface area contributed by atoms with Gasteiger partial charge >= 0.3 is 0 Å². The minimum absolute atomic E-state index is 0.242. The fourth-order valence-corrected chi connectivity index (χ4v) is 2.47. The smallest absolute Gasteiger partial charge is 0.277 e. The normalized spacial score (nSPS) is 10.8. The third-order valence-corrected chi connectivity index (χ3v) is 3.57. The number of anilines is 1. The Morgan fingerprint density at radius 3 is 2.76 bits per heavy atom. The van der Waals surface area contributed by atoms with Crippen molar-refractivity contribution in [3.05, 3.63) is 59.4 Å². The lowest BCUT2D eigenvalue weighted by molar-refractivity contribution is 0.102. The van der Waals surface area contributed by atoms with Crippen molar-refractivity contribution in [3.8, 4) is 0 Å². The van der Waals surface area contributed by atoms with E-state index in [1.54, 1.807) is 10.9 Å². The molecule has 21 heavy (non-hydrogen) atoms. The van der Waals surface area contributed by atoms with Crippen LogP contribution in [-0.4, -0.2) is 15.7 Å². The van der Waals surface area contributed by atoms with Crippen LogP contribution in [0.1, 0.15) is 17.4 Å². The molecular formula is C16H14ClN3O. The molecule has 5 heteroatoms. The Morgan fingerprint density at radius 1 is 1.24 bits per heavy atom. The summed E-state index contributed by atoms with van der Waals surface area (Å²) < 4.78 is 1.64. The second kappa shape index (κ2) is 5.58. The van der Waals surface area contributed by atoms with E-state index >= 15 is 0 Å². The molecule has 1 amide bonds. The van der Waals surface area contributed by atoms with E-state index in [4.69, 9.17) is 11.6 Å². The monoisotopic (exact) mass is 299 g/mol. The maximum Gasteiger partial charge on any atom is 0.277 e. The van der Waals surface area contributed by atoms with Gasteiger partial charge in [0.1, 0.15) is 0 Å². The van der Waals surface area contributed by atoms with E-state index < -0.39 is 0 Å². The van der Waals surface area contributed by atoms with Gasteiger partial charge in [-0.15, -0.1) is 0 Å². The van der Waals surface area contributed by atoms with Crippen molar-refractivity contribution in [1.82, 2.24) is 9.78 Å². The van der Waals surface area contributed by atoms with E-state index in [0.29, 0.717) is 11.6 Å². The summed E-state index contributed by atoms with van der Waals surface area (Å²) >= 11 is 6.06. The van der Waals surface area contributed by atoms with Gasteiger partial charge in [0.05, 0.1) is 5.02 Å². The van der Waals surface area contributed by atoms with Gasteiger partial charge in [0.2, 0.25) is 0 Å². The number of amides is 1. The first-order valence-corrected chi connectivity index (χ1v) is 7.09. The van der Waals surface area contributed by atoms with E-state index in [9.17, 15) is 4.79 Å². The number of fused-ring (bicyclic) bond motifs is 1. The van der Waals surface area contributed by atoms with E-state index in [1.807, 2.05) is 49.4 Å². The van der Waals surface area contributed by atoms with Crippen LogP contribution in [0.15, 0.2) is 48.7 Å². The first kappa shape index (κ1) is 13.6. The first-order valence-electron chi connectivity index (χ1n) is 6.71. The first-order chi connectivity index (χ1) is 10.2. The topological polar surface area (TPSA) is 46.9 Å². The van der Waals surface area contributed by atoms with Crippen LogP contribution in [0.2, 0.25) is 5.02 Å². The van der Waals surface area contributed by atoms with Crippen molar-refractivity contribution in [1.29, 1.82) is 0 Å². The average Bonchev–Trinajstić information content (AvgIpc) is 2.89. The van der Waals surface area contributed by atoms with Crippen LogP contribution < -0.4 is 5.32 Å². The number of carbonyl (C=O) groups excluding carboxylic acids is 1. The lowest BCUT2D eigenvalue weighted by Gasteiger charge is -2.07. The number of carbonyl (C=O) groups is 1. The molecule has 0 radical (unpaired) electrons. The molecule has 3 aromatic rings. The summed E-state index contributed by atoms with van der Waals surface area (Å²) in [5, 5.41) is 9.47. The van der Waals surface area contributed by atoms with E-state index in [0.717, 1.165) is 16.5 Å². The standard InChI is InChI=1S/C16H14ClN3O/c1-2-20-10-13(17)15(19-20)16(21)18-14-9-5-7-11-6-3-4-8-12(11)14/h3-10H,2H2,1H3,(H,18,21). The van der Waals surface area contributed by atoms with Gasteiger partial charge in [-0.25, -0.2) is 0 Å². The Bertz CT molecular complexity index is 805. The van der Waals surface area contributed by atoms with Crippen molar-refractivity contribution in [2.24, 2.45) is 0 Å². The second-order valence-corrected chi connectivity index (χ2v) is 5.07. The Kier molecular flexibility index (Phi) is 3.62. The quantitative estimate of drug-likeness (QED) is 0.795. The molecule has 3 rings (SSSR count). The Balaban J connectivity index is 1.94. The number of benzene rings is 2. The Hall–Kier alpha value is -2.33. The number of halogens is 1. The van der Waals surface area contributed by atoms with Crippen molar-refractivity contribution in [3.63, 3.8) is 0 Å². The summed E-state index contributed by atoms with van der Waals surface area (Å²) in [5.74, 6) is -0.302. The number of aromatic nitrogens is 2. The summed E-state index contributed by atoms with van der Waals surface area (Å²) in [5.41, 5.74) is 0.992. The number of hydrogen-bond acceptors (Lipinski definition) is 2. The molecule has 1 heterocycles. The molecule has 0 unspecified atom stereocenters. The lowest BCUT2D eigenvalue weighted by Crippen LogP contribution is -2.14. The molecule has 0 saturated heterocycles. The molecule has 0 atom stereocenters. The molecule has 0 bridgehead atoms. The molecule has 106 valence electrons. The maximum atomic E-state index is 12.3. The largest absolute Gasteiger partial charge is 0.320 e. The van der Waals surface area contributed by atoms with Gasteiger partial charge < -0.3 is 5.32 Å². The number of hydrogen-bond donors (Lipinski definition) is 1. The van der Waals surface area contributed by atoms with Crippen molar-refractivity contribution in [2.75, 3.05) is 5.32 Å². The molecule has 1 aromatic heterocycles. The SMILES string of the molecule is CCn1cc(Cl)c(C(=O)Nc2cccc3ccccc23)n1. The highest BCUT2D eigenvalue weighted by molar-refractivity contribution is 6.34. The van der Waals surface area contributed by atoms with E-state index in [-0.39, 0.29) is 11.6 Å². The molecule has 0 aliphatic heterocycles. The molecule has 2 aromatic carbocycles. The molecule has 0 aliphatic rings. The van der Waals surface area contributed by atoms with Crippen LogP contribution in [-0.2, 0) is 6.54 Å². The van der Waals surface area contributed by atoms with Crippen molar-refractivity contribution >= 4 is 34.0 Å². The van der Waals surface area contributed by atoms with Gasteiger partial charge in [-0.1, -0.05) is 48.0 Å². The third-order valence-electron chi connectivity index (χ3n) is 3.29. The zero-order valence-corrected chi connectivity index (χ0v) is 12.3. The molecular weight excluding hydrogens is 286 g/mol. The predicted octanol–water partition coefficient (Wildman–Crippen LogP) is 3.96. The Morgan fingerprint density at radius 2 is 2.00 bits per heavy atom. The zero-order chi connectivity index (χ0) is 14.8.